The highest BCUT2D eigenvalue weighted by Gasteiger charge is 2.18. The number of ether oxygens (including phenoxy) is 1. The minimum absolute atomic E-state index is 0.754. The van der Waals surface area contributed by atoms with Gasteiger partial charge in [-0.25, -0.2) is 4.98 Å². The summed E-state index contributed by atoms with van der Waals surface area (Å²) in [7, 11) is 1.71. The highest BCUT2D eigenvalue weighted by molar-refractivity contribution is 7.13. The van der Waals surface area contributed by atoms with Crippen LogP contribution in [0.15, 0.2) is 53.9 Å². The summed E-state index contributed by atoms with van der Waals surface area (Å²) >= 11 is 7.66. The second-order valence-electron chi connectivity index (χ2n) is 6.62. The third-order valence-corrected chi connectivity index (χ3v) is 6.01. The van der Waals surface area contributed by atoms with E-state index in [-0.39, 0.29) is 0 Å². The lowest BCUT2D eigenvalue weighted by atomic mass is 10.2. The summed E-state index contributed by atoms with van der Waals surface area (Å²) in [6.45, 7) is 4.99. The molecule has 0 saturated carbocycles. The van der Waals surface area contributed by atoms with Crippen LogP contribution in [0.4, 0.5) is 5.69 Å². The first-order valence-electron chi connectivity index (χ1n) is 9.03. The molecule has 1 aliphatic heterocycles. The van der Waals surface area contributed by atoms with Crippen LogP contribution in [0.5, 0.6) is 5.75 Å². The monoisotopic (exact) mass is 399 g/mol. The number of rotatable bonds is 5. The molecule has 0 bridgehead atoms. The Morgan fingerprint density at radius 3 is 2.59 bits per heavy atom. The van der Waals surface area contributed by atoms with Crippen LogP contribution < -0.4 is 9.64 Å². The topological polar surface area (TPSA) is 28.6 Å². The maximum Gasteiger partial charge on any atom is 0.123 e. The summed E-state index contributed by atoms with van der Waals surface area (Å²) in [5, 5.41) is 3.97. The van der Waals surface area contributed by atoms with Gasteiger partial charge in [0.1, 0.15) is 10.8 Å². The van der Waals surface area contributed by atoms with E-state index in [0.717, 1.165) is 59.8 Å². The van der Waals surface area contributed by atoms with E-state index in [9.17, 15) is 0 Å². The SMILES string of the molecule is COc1cccc(N2CCN(Cc3csc(-c4ccc(Cl)cc4)n3)CC2)c1. The van der Waals surface area contributed by atoms with Crippen molar-refractivity contribution in [3.63, 3.8) is 0 Å². The average Bonchev–Trinajstić information content (AvgIpc) is 3.17. The molecule has 0 spiro atoms. The minimum Gasteiger partial charge on any atom is -0.497 e. The first-order chi connectivity index (χ1) is 13.2. The molecule has 1 saturated heterocycles. The largest absolute Gasteiger partial charge is 0.497 e. The Morgan fingerprint density at radius 1 is 1.07 bits per heavy atom. The van der Waals surface area contributed by atoms with Gasteiger partial charge in [-0.15, -0.1) is 11.3 Å². The van der Waals surface area contributed by atoms with E-state index in [2.05, 4.69) is 27.3 Å². The molecule has 1 aromatic heterocycles. The number of aromatic nitrogens is 1. The van der Waals surface area contributed by atoms with Crippen LogP contribution in [0, 0.1) is 0 Å². The molecule has 6 heteroatoms. The third-order valence-electron chi connectivity index (χ3n) is 4.82. The van der Waals surface area contributed by atoms with Crippen molar-refractivity contribution in [2.24, 2.45) is 0 Å². The first kappa shape index (κ1) is 18.3. The molecular formula is C21H22ClN3OS. The van der Waals surface area contributed by atoms with Gasteiger partial charge in [0.05, 0.1) is 12.8 Å². The van der Waals surface area contributed by atoms with Gasteiger partial charge in [-0.1, -0.05) is 29.8 Å². The van der Waals surface area contributed by atoms with Gasteiger partial charge in [-0.05, 0) is 24.3 Å². The second kappa shape index (κ2) is 8.30. The summed E-state index contributed by atoms with van der Waals surface area (Å²) in [6, 6.07) is 16.2. The maximum atomic E-state index is 5.97. The van der Waals surface area contributed by atoms with Crippen molar-refractivity contribution in [3.05, 3.63) is 64.6 Å². The fourth-order valence-corrected chi connectivity index (χ4v) is 4.25. The second-order valence-corrected chi connectivity index (χ2v) is 7.91. The van der Waals surface area contributed by atoms with Gasteiger partial charge >= 0.3 is 0 Å². The molecule has 0 aliphatic carbocycles. The number of thiazole rings is 1. The Morgan fingerprint density at radius 2 is 1.85 bits per heavy atom. The van der Waals surface area contributed by atoms with E-state index in [1.54, 1.807) is 18.4 Å². The molecule has 4 rings (SSSR count). The zero-order valence-electron chi connectivity index (χ0n) is 15.3. The lowest BCUT2D eigenvalue weighted by Gasteiger charge is -2.35. The van der Waals surface area contributed by atoms with E-state index in [1.165, 1.54) is 5.69 Å². The Balaban J connectivity index is 1.35. The molecule has 2 aromatic carbocycles. The van der Waals surface area contributed by atoms with Crippen molar-refractivity contribution < 1.29 is 4.74 Å². The third kappa shape index (κ3) is 4.43. The zero-order chi connectivity index (χ0) is 18.6. The molecule has 0 atom stereocenters. The molecule has 140 valence electrons. The van der Waals surface area contributed by atoms with E-state index in [4.69, 9.17) is 21.3 Å². The molecule has 1 aliphatic rings. The van der Waals surface area contributed by atoms with E-state index in [0.29, 0.717) is 0 Å². The minimum atomic E-state index is 0.754. The van der Waals surface area contributed by atoms with Crippen molar-refractivity contribution in [3.8, 4) is 16.3 Å². The molecule has 3 aromatic rings. The van der Waals surface area contributed by atoms with Crippen molar-refractivity contribution in [2.45, 2.75) is 6.54 Å². The van der Waals surface area contributed by atoms with Crippen LogP contribution in [0.1, 0.15) is 5.69 Å². The molecule has 0 amide bonds. The number of piperazine rings is 1. The van der Waals surface area contributed by atoms with Gasteiger partial charge in [0.2, 0.25) is 0 Å². The van der Waals surface area contributed by atoms with Crippen molar-refractivity contribution in [1.29, 1.82) is 0 Å². The molecule has 27 heavy (non-hydrogen) atoms. The van der Waals surface area contributed by atoms with Crippen molar-refractivity contribution >= 4 is 28.6 Å². The van der Waals surface area contributed by atoms with Gasteiger partial charge < -0.3 is 9.64 Å². The lowest BCUT2D eigenvalue weighted by molar-refractivity contribution is 0.247. The Labute approximate surface area is 169 Å². The molecule has 0 N–H and O–H groups in total. The van der Waals surface area contributed by atoms with Gasteiger partial charge in [0, 0.05) is 60.4 Å². The lowest BCUT2D eigenvalue weighted by Crippen LogP contribution is -2.46. The zero-order valence-corrected chi connectivity index (χ0v) is 16.8. The van der Waals surface area contributed by atoms with E-state index < -0.39 is 0 Å². The van der Waals surface area contributed by atoms with Gasteiger partial charge in [0.15, 0.2) is 0 Å². The molecule has 0 radical (unpaired) electrons. The van der Waals surface area contributed by atoms with Crippen LogP contribution in [-0.4, -0.2) is 43.2 Å². The number of halogens is 1. The number of anilines is 1. The molecular weight excluding hydrogens is 378 g/mol. The quantitative estimate of drug-likeness (QED) is 0.616. The normalized spacial score (nSPS) is 15.1. The molecule has 1 fully saturated rings. The highest BCUT2D eigenvalue weighted by Crippen LogP contribution is 2.26. The van der Waals surface area contributed by atoms with Gasteiger partial charge in [-0.2, -0.15) is 0 Å². The number of methoxy groups -OCH3 is 1. The van der Waals surface area contributed by atoms with Gasteiger partial charge in [-0.3, -0.25) is 4.90 Å². The molecule has 0 unspecified atom stereocenters. The standard InChI is InChI=1S/C21H22ClN3OS/c1-26-20-4-2-3-19(13-20)25-11-9-24(10-12-25)14-18-15-27-21(23-18)16-5-7-17(22)8-6-16/h2-8,13,15H,9-12,14H2,1H3. The highest BCUT2D eigenvalue weighted by atomic mass is 35.5. The summed E-state index contributed by atoms with van der Waals surface area (Å²) in [5.41, 5.74) is 3.49. The summed E-state index contributed by atoms with van der Waals surface area (Å²) in [4.78, 5) is 9.69. The Hall–Kier alpha value is -2.08. The van der Waals surface area contributed by atoms with Crippen molar-refractivity contribution in [1.82, 2.24) is 9.88 Å². The summed E-state index contributed by atoms with van der Waals surface area (Å²) in [5.74, 6) is 0.909. The number of hydrogen-bond acceptors (Lipinski definition) is 5. The van der Waals surface area contributed by atoms with Crippen LogP contribution >= 0.6 is 22.9 Å². The smallest absolute Gasteiger partial charge is 0.123 e. The summed E-state index contributed by atoms with van der Waals surface area (Å²) < 4.78 is 5.34. The molecule has 4 nitrogen and oxygen atoms in total. The average molecular weight is 400 g/mol. The van der Waals surface area contributed by atoms with E-state index >= 15 is 0 Å². The Kier molecular flexibility index (Phi) is 5.62. The maximum absolute atomic E-state index is 5.97. The van der Waals surface area contributed by atoms with Crippen LogP contribution in [0.25, 0.3) is 10.6 Å². The van der Waals surface area contributed by atoms with E-state index in [1.807, 2.05) is 36.4 Å². The van der Waals surface area contributed by atoms with Crippen LogP contribution in [0.2, 0.25) is 5.02 Å². The first-order valence-corrected chi connectivity index (χ1v) is 10.3. The summed E-state index contributed by atoms with van der Waals surface area (Å²) in [6.07, 6.45) is 0. The van der Waals surface area contributed by atoms with Crippen LogP contribution in [0.3, 0.4) is 0 Å². The predicted octanol–water partition coefficient (Wildman–Crippen LogP) is 4.79. The van der Waals surface area contributed by atoms with Gasteiger partial charge in [0.25, 0.3) is 0 Å². The number of hydrogen-bond donors (Lipinski definition) is 0. The fourth-order valence-electron chi connectivity index (χ4n) is 3.31. The molecule has 2 heterocycles. The number of nitrogens with zero attached hydrogens (tertiary/aromatic N) is 3. The fraction of sp³-hybridized carbons (Fsp3) is 0.286. The predicted molar refractivity (Wildman–Crippen MR) is 113 cm³/mol. The van der Waals surface area contributed by atoms with Crippen LogP contribution in [-0.2, 0) is 6.54 Å². The number of benzene rings is 2. The van der Waals surface area contributed by atoms with Crippen molar-refractivity contribution in [2.75, 3.05) is 38.2 Å². The Bertz CT molecular complexity index is 888.